The van der Waals surface area contributed by atoms with Gasteiger partial charge in [0.2, 0.25) is 0 Å². The Labute approximate surface area is 101 Å². The van der Waals surface area contributed by atoms with Gasteiger partial charge in [-0.25, -0.2) is 4.98 Å². The second-order valence-corrected chi connectivity index (χ2v) is 4.88. The number of anilines is 2. The van der Waals surface area contributed by atoms with Crippen molar-refractivity contribution in [1.82, 2.24) is 4.98 Å². The van der Waals surface area contributed by atoms with E-state index in [2.05, 4.69) is 10.3 Å². The Morgan fingerprint density at radius 1 is 1.53 bits per heavy atom. The van der Waals surface area contributed by atoms with Crippen molar-refractivity contribution in [2.45, 2.75) is 33.3 Å². The van der Waals surface area contributed by atoms with E-state index in [0.29, 0.717) is 11.5 Å². The molecule has 1 amide bonds. The van der Waals surface area contributed by atoms with Crippen LogP contribution in [0.2, 0.25) is 0 Å². The van der Waals surface area contributed by atoms with Crippen molar-refractivity contribution in [3.05, 3.63) is 17.8 Å². The summed E-state index contributed by atoms with van der Waals surface area (Å²) in [5.74, 6) is 0.294. The number of aryl methyl sites for hydroxylation is 1. The number of amides is 1. The van der Waals surface area contributed by atoms with Crippen molar-refractivity contribution >= 4 is 17.4 Å². The molecule has 3 N–H and O–H groups in total. The van der Waals surface area contributed by atoms with Crippen LogP contribution in [0.5, 0.6) is 0 Å². The summed E-state index contributed by atoms with van der Waals surface area (Å²) in [6, 6.07) is 1.76. The van der Waals surface area contributed by atoms with Crippen LogP contribution in [0.1, 0.15) is 26.3 Å². The van der Waals surface area contributed by atoms with E-state index >= 15 is 0 Å². The first-order valence-electron chi connectivity index (χ1n) is 5.44. The molecule has 0 aromatic carbocycles. The maximum absolute atomic E-state index is 11.6. The summed E-state index contributed by atoms with van der Waals surface area (Å²) in [5, 5.41) is 2.68. The van der Waals surface area contributed by atoms with E-state index in [-0.39, 0.29) is 18.1 Å². The minimum Gasteiger partial charge on any atom is -0.397 e. The van der Waals surface area contributed by atoms with E-state index in [1.807, 2.05) is 27.7 Å². The number of pyridine rings is 1. The molecule has 5 heteroatoms. The van der Waals surface area contributed by atoms with Gasteiger partial charge in [-0.1, -0.05) is 0 Å². The molecule has 0 spiro atoms. The van der Waals surface area contributed by atoms with Crippen LogP contribution >= 0.6 is 0 Å². The molecule has 1 rings (SSSR count). The third-order valence-electron chi connectivity index (χ3n) is 1.99. The van der Waals surface area contributed by atoms with Crippen LogP contribution in [-0.2, 0) is 9.53 Å². The van der Waals surface area contributed by atoms with E-state index in [1.165, 1.54) is 6.20 Å². The standard InChI is InChI=1S/C12H19N3O2/c1-8-5-9(13)6-14-11(8)15-10(16)7-17-12(2,3)4/h5-6H,7,13H2,1-4H3,(H,14,15,16). The predicted octanol–water partition coefficient (Wildman–Crippen LogP) is 1.73. The van der Waals surface area contributed by atoms with E-state index < -0.39 is 0 Å². The first-order valence-corrected chi connectivity index (χ1v) is 5.44. The second-order valence-electron chi connectivity index (χ2n) is 4.88. The van der Waals surface area contributed by atoms with Crippen LogP contribution in [0.3, 0.4) is 0 Å². The van der Waals surface area contributed by atoms with Gasteiger partial charge < -0.3 is 15.8 Å². The number of aromatic nitrogens is 1. The van der Waals surface area contributed by atoms with Crippen LogP contribution in [0.15, 0.2) is 12.3 Å². The second kappa shape index (κ2) is 5.14. The van der Waals surface area contributed by atoms with Gasteiger partial charge in [0.25, 0.3) is 5.91 Å². The molecule has 1 heterocycles. The fourth-order valence-corrected chi connectivity index (χ4v) is 1.18. The Bertz CT molecular complexity index is 411. The van der Waals surface area contributed by atoms with Crippen molar-refractivity contribution < 1.29 is 9.53 Å². The summed E-state index contributed by atoms with van der Waals surface area (Å²) in [6.45, 7) is 7.53. The van der Waals surface area contributed by atoms with Crippen LogP contribution in [0, 0.1) is 6.92 Å². The number of rotatable bonds is 3. The number of carbonyl (C=O) groups is 1. The molecule has 0 bridgehead atoms. The SMILES string of the molecule is Cc1cc(N)cnc1NC(=O)COC(C)(C)C. The molecule has 0 fully saturated rings. The molecule has 0 unspecified atom stereocenters. The van der Waals surface area contributed by atoms with Crippen molar-refractivity contribution in [1.29, 1.82) is 0 Å². The molecule has 0 saturated heterocycles. The predicted molar refractivity (Wildman–Crippen MR) is 67.7 cm³/mol. The van der Waals surface area contributed by atoms with Gasteiger partial charge in [-0.15, -0.1) is 0 Å². The Balaban J connectivity index is 2.57. The van der Waals surface area contributed by atoms with E-state index in [1.54, 1.807) is 6.07 Å². The van der Waals surface area contributed by atoms with Crippen molar-refractivity contribution in [3.8, 4) is 0 Å². The molecule has 1 aromatic rings. The van der Waals surface area contributed by atoms with E-state index in [4.69, 9.17) is 10.5 Å². The lowest BCUT2D eigenvalue weighted by atomic mass is 10.2. The zero-order valence-electron chi connectivity index (χ0n) is 10.7. The normalized spacial score (nSPS) is 11.3. The summed E-state index contributed by atoms with van der Waals surface area (Å²) in [6.07, 6.45) is 1.51. The average molecular weight is 237 g/mol. The number of nitrogen functional groups attached to an aromatic ring is 1. The van der Waals surface area contributed by atoms with Gasteiger partial charge in [-0.05, 0) is 39.3 Å². The van der Waals surface area contributed by atoms with Crippen molar-refractivity contribution in [2.75, 3.05) is 17.7 Å². The molecular formula is C12H19N3O2. The number of hydrogen-bond acceptors (Lipinski definition) is 4. The molecule has 0 aliphatic carbocycles. The van der Waals surface area contributed by atoms with Gasteiger partial charge in [-0.2, -0.15) is 0 Å². The first kappa shape index (κ1) is 13.4. The van der Waals surface area contributed by atoms with E-state index in [9.17, 15) is 4.79 Å². The summed E-state index contributed by atoms with van der Waals surface area (Å²) in [4.78, 5) is 15.6. The fourth-order valence-electron chi connectivity index (χ4n) is 1.18. The molecule has 0 aliphatic heterocycles. The molecule has 0 saturated carbocycles. The Morgan fingerprint density at radius 3 is 2.71 bits per heavy atom. The minimum absolute atomic E-state index is 0.00893. The topological polar surface area (TPSA) is 77.2 Å². The van der Waals surface area contributed by atoms with Gasteiger partial charge >= 0.3 is 0 Å². The quantitative estimate of drug-likeness (QED) is 0.839. The first-order chi connectivity index (χ1) is 7.78. The van der Waals surface area contributed by atoms with Gasteiger partial charge in [-0.3, -0.25) is 4.79 Å². The van der Waals surface area contributed by atoms with Gasteiger partial charge in [0.1, 0.15) is 12.4 Å². The molecule has 0 radical (unpaired) electrons. The molecule has 94 valence electrons. The number of carbonyl (C=O) groups excluding carboxylic acids is 1. The number of hydrogen-bond donors (Lipinski definition) is 2. The van der Waals surface area contributed by atoms with Gasteiger partial charge in [0.05, 0.1) is 17.5 Å². The molecular weight excluding hydrogens is 218 g/mol. The van der Waals surface area contributed by atoms with Crippen LogP contribution < -0.4 is 11.1 Å². The third-order valence-corrected chi connectivity index (χ3v) is 1.99. The van der Waals surface area contributed by atoms with Gasteiger partial charge in [0, 0.05) is 0 Å². The average Bonchev–Trinajstić information content (AvgIpc) is 2.18. The highest BCUT2D eigenvalue weighted by molar-refractivity contribution is 5.91. The highest BCUT2D eigenvalue weighted by Gasteiger charge is 2.13. The highest BCUT2D eigenvalue weighted by atomic mass is 16.5. The van der Waals surface area contributed by atoms with Crippen molar-refractivity contribution in [2.24, 2.45) is 0 Å². The fraction of sp³-hybridized carbons (Fsp3) is 0.500. The largest absolute Gasteiger partial charge is 0.397 e. The van der Waals surface area contributed by atoms with Crippen molar-refractivity contribution in [3.63, 3.8) is 0 Å². The molecule has 0 aliphatic rings. The van der Waals surface area contributed by atoms with Gasteiger partial charge in [0.15, 0.2) is 0 Å². The lowest BCUT2D eigenvalue weighted by molar-refractivity contribution is -0.125. The number of nitrogens with zero attached hydrogens (tertiary/aromatic N) is 1. The zero-order valence-corrected chi connectivity index (χ0v) is 10.7. The Morgan fingerprint density at radius 2 is 2.18 bits per heavy atom. The number of nitrogens with one attached hydrogen (secondary N) is 1. The minimum atomic E-state index is -0.332. The van der Waals surface area contributed by atoms with Crippen LogP contribution in [0.25, 0.3) is 0 Å². The van der Waals surface area contributed by atoms with Crippen LogP contribution in [-0.4, -0.2) is 23.1 Å². The molecule has 1 aromatic heterocycles. The lowest BCUT2D eigenvalue weighted by Crippen LogP contribution is -2.27. The zero-order chi connectivity index (χ0) is 13.1. The Hall–Kier alpha value is -1.62. The van der Waals surface area contributed by atoms with E-state index in [0.717, 1.165) is 5.56 Å². The smallest absolute Gasteiger partial charge is 0.251 e. The third kappa shape index (κ3) is 4.82. The molecule has 5 nitrogen and oxygen atoms in total. The maximum Gasteiger partial charge on any atom is 0.251 e. The van der Waals surface area contributed by atoms with Crippen LogP contribution in [0.4, 0.5) is 11.5 Å². The Kier molecular flexibility index (Phi) is 4.07. The summed E-state index contributed by atoms with van der Waals surface area (Å²) >= 11 is 0. The summed E-state index contributed by atoms with van der Waals surface area (Å²) in [7, 11) is 0. The number of ether oxygens (including phenoxy) is 1. The summed E-state index contributed by atoms with van der Waals surface area (Å²) in [5.41, 5.74) is 6.65. The summed E-state index contributed by atoms with van der Waals surface area (Å²) < 4.78 is 5.36. The highest BCUT2D eigenvalue weighted by Crippen LogP contribution is 2.14. The lowest BCUT2D eigenvalue weighted by Gasteiger charge is -2.19. The maximum atomic E-state index is 11.6. The molecule has 0 atom stereocenters. The monoisotopic (exact) mass is 237 g/mol. The molecule has 17 heavy (non-hydrogen) atoms. The number of nitrogens with two attached hydrogens (primary N) is 1.